The second-order valence-electron chi connectivity index (χ2n) is 4.36. The first-order valence-corrected chi connectivity index (χ1v) is 5.02. The Hall–Kier alpha value is -0.240. The van der Waals surface area contributed by atoms with E-state index in [-0.39, 0.29) is 6.54 Å². The Labute approximate surface area is 87.9 Å². The van der Waals surface area contributed by atoms with Gasteiger partial charge in [-0.05, 0) is 13.8 Å². The number of hydrogen-bond acceptors (Lipinski definition) is 6. The van der Waals surface area contributed by atoms with Gasteiger partial charge in [0.15, 0.2) is 12.1 Å². The number of nitrogens with two attached hydrogens (primary N) is 1. The van der Waals surface area contributed by atoms with Crippen LogP contribution in [0.15, 0.2) is 0 Å². The topological polar surface area (TPSA) is 94.2 Å². The van der Waals surface area contributed by atoms with Crippen LogP contribution in [0.25, 0.3) is 0 Å². The lowest BCUT2D eigenvalue weighted by atomic mass is 10.1. The van der Waals surface area contributed by atoms with Gasteiger partial charge in [-0.25, -0.2) is 0 Å². The van der Waals surface area contributed by atoms with Gasteiger partial charge in [-0.2, -0.15) is 0 Å². The molecule has 0 saturated carbocycles. The molecule has 0 bridgehead atoms. The highest BCUT2D eigenvalue weighted by Gasteiger charge is 2.55. The van der Waals surface area contributed by atoms with Gasteiger partial charge in [0.1, 0.15) is 18.3 Å². The smallest absolute Gasteiger partial charge is 0.190 e. The summed E-state index contributed by atoms with van der Waals surface area (Å²) in [5, 5.41) is 19.3. The largest absolute Gasteiger partial charge is 0.389 e. The normalized spacial score (nSPS) is 45.4. The standard InChI is InChI=1S/C9H17NO5/c1-9(2)14-7-5(12)6(4(11)3-10)13-8(7)15-9/h4-8,11-12H,3,10H2,1-2H3/t4-,5+,6-,7+,8-/m1/s1. The highest BCUT2D eigenvalue weighted by molar-refractivity contribution is 4.95. The molecule has 6 nitrogen and oxygen atoms in total. The van der Waals surface area contributed by atoms with Crippen LogP contribution in [-0.2, 0) is 14.2 Å². The van der Waals surface area contributed by atoms with Crippen molar-refractivity contribution in [2.24, 2.45) is 5.73 Å². The van der Waals surface area contributed by atoms with Crippen LogP contribution in [0.1, 0.15) is 13.8 Å². The number of rotatable bonds is 2. The van der Waals surface area contributed by atoms with Gasteiger partial charge in [-0.1, -0.05) is 0 Å². The summed E-state index contributed by atoms with van der Waals surface area (Å²) in [6.45, 7) is 3.52. The van der Waals surface area contributed by atoms with Crippen molar-refractivity contribution in [1.29, 1.82) is 0 Å². The van der Waals surface area contributed by atoms with Crippen molar-refractivity contribution in [1.82, 2.24) is 0 Å². The molecular weight excluding hydrogens is 202 g/mol. The first-order valence-electron chi connectivity index (χ1n) is 5.02. The van der Waals surface area contributed by atoms with Crippen molar-refractivity contribution < 1.29 is 24.4 Å². The molecule has 2 aliphatic heterocycles. The SMILES string of the molecule is CC1(C)O[C@H]2O[C@H]([C@H](O)CN)[C@H](O)[C@@H]2O1. The Morgan fingerprint density at radius 2 is 2.07 bits per heavy atom. The minimum Gasteiger partial charge on any atom is -0.389 e. The molecule has 0 aromatic rings. The third kappa shape index (κ3) is 1.89. The summed E-state index contributed by atoms with van der Waals surface area (Å²) in [5.74, 6) is -0.755. The molecule has 0 aromatic heterocycles. The number of aliphatic hydroxyl groups excluding tert-OH is 2. The van der Waals surface area contributed by atoms with E-state index in [0.717, 1.165) is 0 Å². The van der Waals surface area contributed by atoms with Crippen molar-refractivity contribution in [3.05, 3.63) is 0 Å². The summed E-state index contributed by atoms with van der Waals surface area (Å²) < 4.78 is 16.2. The lowest BCUT2D eigenvalue weighted by Crippen LogP contribution is -2.43. The number of aliphatic hydroxyl groups is 2. The second kappa shape index (κ2) is 3.65. The number of hydrogen-bond donors (Lipinski definition) is 3. The van der Waals surface area contributed by atoms with Crippen LogP contribution < -0.4 is 5.73 Å². The molecule has 0 unspecified atom stereocenters. The lowest BCUT2D eigenvalue weighted by Gasteiger charge is -2.25. The zero-order chi connectivity index (χ0) is 11.2. The molecule has 0 spiro atoms. The Kier molecular flexibility index (Phi) is 2.74. The molecule has 6 heteroatoms. The van der Waals surface area contributed by atoms with Gasteiger partial charge in [0, 0.05) is 6.54 Å². The van der Waals surface area contributed by atoms with Gasteiger partial charge in [-0.3, -0.25) is 0 Å². The maximum Gasteiger partial charge on any atom is 0.190 e. The highest BCUT2D eigenvalue weighted by Crippen LogP contribution is 2.37. The molecule has 2 fully saturated rings. The van der Waals surface area contributed by atoms with Crippen LogP contribution in [0.5, 0.6) is 0 Å². The lowest BCUT2D eigenvalue weighted by molar-refractivity contribution is -0.225. The second-order valence-corrected chi connectivity index (χ2v) is 4.36. The molecule has 0 amide bonds. The Morgan fingerprint density at radius 3 is 2.60 bits per heavy atom. The summed E-state index contributed by atoms with van der Waals surface area (Å²) in [6.07, 6.45) is -3.72. The molecule has 2 saturated heterocycles. The van der Waals surface area contributed by atoms with E-state index < -0.39 is 36.5 Å². The van der Waals surface area contributed by atoms with Crippen LogP contribution in [0.2, 0.25) is 0 Å². The van der Waals surface area contributed by atoms with Crippen molar-refractivity contribution in [3.63, 3.8) is 0 Å². The van der Waals surface area contributed by atoms with Crippen LogP contribution >= 0.6 is 0 Å². The highest BCUT2D eigenvalue weighted by atomic mass is 16.8. The Balaban J connectivity index is 2.05. The van der Waals surface area contributed by atoms with E-state index in [1.54, 1.807) is 13.8 Å². The summed E-state index contributed by atoms with van der Waals surface area (Å²) in [7, 11) is 0. The summed E-state index contributed by atoms with van der Waals surface area (Å²) in [6, 6.07) is 0. The van der Waals surface area contributed by atoms with E-state index in [2.05, 4.69) is 0 Å². The molecule has 88 valence electrons. The Bertz CT molecular complexity index is 247. The van der Waals surface area contributed by atoms with Crippen molar-refractivity contribution >= 4 is 0 Å². The minimum absolute atomic E-state index is 0.0323. The number of fused-ring (bicyclic) bond motifs is 1. The summed E-state index contributed by atoms with van der Waals surface area (Å²) >= 11 is 0. The van der Waals surface area contributed by atoms with Crippen LogP contribution in [0, 0.1) is 0 Å². The molecule has 2 aliphatic rings. The predicted molar refractivity (Wildman–Crippen MR) is 49.8 cm³/mol. The molecule has 4 N–H and O–H groups in total. The fourth-order valence-electron chi connectivity index (χ4n) is 1.97. The van der Waals surface area contributed by atoms with Crippen molar-refractivity contribution in [3.8, 4) is 0 Å². The quantitative estimate of drug-likeness (QED) is 0.525. The van der Waals surface area contributed by atoms with Crippen LogP contribution in [0.4, 0.5) is 0 Å². The third-order valence-electron chi connectivity index (χ3n) is 2.67. The third-order valence-corrected chi connectivity index (χ3v) is 2.67. The molecule has 0 aliphatic carbocycles. The Morgan fingerprint density at radius 1 is 1.40 bits per heavy atom. The van der Waals surface area contributed by atoms with Gasteiger partial charge in [-0.15, -0.1) is 0 Å². The average Bonchev–Trinajstić information content (AvgIpc) is 2.60. The fourth-order valence-corrected chi connectivity index (χ4v) is 1.97. The van der Waals surface area contributed by atoms with E-state index in [1.165, 1.54) is 0 Å². The van der Waals surface area contributed by atoms with Gasteiger partial charge in [0.2, 0.25) is 0 Å². The molecule has 0 radical (unpaired) electrons. The van der Waals surface area contributed by atoms with E-state index in [9.17, 15) is 10.2 Å². The molecule has 15 heavy (non-hydrogen) atoms. The van der Waals surface area contributed by atoms with Crippen LogP contribution in [0.3, 0.4) is 0 Å². The van der Waals surface area contributed by atoms with Crippen molar-refractivity contribution in [2.45, 2.75) is 50.3 Å². The zero-order valence-electron chi connectivity index (χ0n) is 8.79. The van der Waals surface area contributed by atoms with E-state index in [4.69, 9.17) is 19.9 Å². The summed E-state index contributed by atoms with van der Waals surface area (Å²) in [4.78, 5) is 0. The molecular formula is C9H17NO5. The molecule has 2 heterocycles. The molecule has 0 aromatic carbocycles. The number of ether oxygens (including phenoxy) is 3. The first kappa shape index (κ1) is 11.3. The van der Waals surface area contributed by atoms with E-state index in [1.807, 2.05) is 0 Å². The van der Waals surface area contributed by atoms with Gasteiger partial charge in [0.05, 0.1) is 6.10 Å². The fraction of sp³-hybridized carbons (Fsp3) is 1.00. The first-order chi connectivity index (χ1) is 6.94. The van der Waals surface area contributed by atoms with Crippen LogP contribution in [-0.4, -0.2) is 53.3 Å². The maximum atomic E-state index is 9.85. The van der Waals surface area contributed by atoms with Gasteiger partial charge < -0.3 is 30.2 Å². The van der Waals surface area contributed by atoms with Gasteiger partial charge in [0.25, 0.3) is 0 Å². The monoisotopic (exact) mass is 219 g/mol. The molecule has 5 atom stereocenters. The van der Waals surface area contributed by atoms with E-state index in [0.29, 0.717) is 0 Å². The van der Waals surface area contributed by atoms with Crippen molar-refractivity contribution in [2.75, 3.05) is 6.54 Å². The zero-order valence-corrected chi connectivity index (χ0v) is 8.79. The molecule has 2 rings (SSSR count). The predicted octanol–water partition coefficient (Wildman–Crippen LogP) is -1.46. The van der Waals surface area contributed by atoms with Gasteiger partial charge >= 0.3 is 0 Å². The minimum atomic E-state index is -0.907. The van der Waals surface area contributed by atoms with E-state index >= 15 is 0 Å². The maximum absolute atomic E-state index is 9.85. The summed E-state index contributed by atoms with van der Waals surface area (Å²) in [5.41, 5.74) is 5.29. The average molecular weight is 219 g/mol.